The lowest BCUT2D eigenvalue weighted by molar-refractivity contribution is 0.0940. The van der Waals surface area contributed by atoms with Crippen molar-refractivity contribution in [3.8, 4) is 0 Å². The molecule has 0 bridgehead atoms. The molecule has 1 aliphatic heterocycles. The number of ether oxygens (including phenoxy) is 1. The van der Waals surface area contributed by atoms with Gasteiger partial charge in [-0.25, -0.2) is 0 Å². The van der Waals surface area contributed by atoms with Gasteiger partial charge in [-0.2, -0.15) is 0 Å². The summed E-state index contributed by atoms with van der Waals surface area (Å²) in [7, 11) is 0. The van der Waals surface area contributed by atoms with Gasteiger partial charge in [0.2, 0.25) is 0 Å². The zero-order valence-corrected chi connectivity index (χ0v) is 8.92. The third-order valence-corrected chi connectivity index (χ3v) is 2.25. The summed E-state index contributed by atoms with van der Waals surface area (Å²) in [4.78, 5) is 0. The van der Waals surface area contributed by atoms with Crippen molar-refractivity contribution in [2.24, 2.45) is 0 Å². The fraction of sp³-hybridized carbons (Fsp3) is 0.600. The van der Waals surface area contributed by atoms with E-state index >= 15 is 0 Å². The predicted octanol–water partition coefficient (Wildman–Crippen LogP) is 2.81. The van der Waals surface area contributed by atoms with E-state index in [1.165, 1.54) is 0 Å². The molecule has 0 aliphatic carbocycles. The first kappa shape index (κ1) is 9.51. The Kier molecular flexibility index (Phi) is 3.37. The Morgan fingerprint density at radius 3 is 2.64 bits per heavy atom. The number of halogens is 3. The molecule has 0 saturated carbocycles. The van der Waals surface area contributed by atoms with E-state index in [-0.39, 0.29) is 0 Å². The Morgan fingerprint density at radius 2 is 2.18 bits per heavy atom. The van der Waals surface area contributed by atoms with E-state index < -0.39 is 6.25 Å². The van der Waals surface area contributed by atoms with Crippen LogP contribution in [-0.4, -0.2) is 12.9 Å². The number of rotatable bonds is 2. The summed E-state index contributed by atoms with van der Waals surface area (Å²) in [6.45, 7) is 0.640. The standard InChI is InChI=1S/C5H7Cl3O2Si/c6-11(7,8)10-5-3-1-2-4-9-5/h3H,1-2,4H2. The Balaban J connectivity index is 2.42. The van der Waals surface area contributed by atoms with Crippen molar-refractivity contribution in [2.45, 2.75) is 12.8 Å². The topological polar surface area (TPSA) is 18.5 Å². The largest absolute Gasteiger partial charge is 0.557 e. The summed E-state index contributed by atoms with van der Waals surface area (Å²) in [6.07, 6.45) is 0.684. The Hall–Kier alpha value is 0.427. The van der Waals surface area contributed by atoms with Gasteiger partial charge in [0.25, 0.3) is 5.95 Å². The van der Waals surface area contributed by atoms with E-state index in [0.29, 0.717) is 12.6 Å². The highest BCUT2D eigenvalue weighted by Crippen LogP contribution is 2.26. The summed E-state index contributed by atoms with van der Waals surface area (Å²) in [5.74, 6) is 0.364. The molecule has 64 valence electrons. The molecule has 1 heterocycles. The fourth-order valence-corrected chi connectivity index (χ4v) is 1.77. The molecule has 0 aromatic rings. The van der Waals surface area contributed by atoms with Crippen LogP contribution in [-0.2, 0) is 9.16 Å². The molecule has 0 N–H and O–H groups in total. The molecule has 1 rings (SSSR count). The first-order chi connectivity index (χ1) is 5.08. The molecule has 0 unspecified atom stereocenters. The van der Waals surface area contributed by atoms with E-state index in [0.717, 1.165) is 12.8 Å². The van der Waals surface area contributed by atoms with Crippen molar-refractivity contribution in [1.82, 2.24) is 0 Å². The van der Waals surface area contributed by atoms with Crippen molar-refractivity contribution < 1.29 is 9.16 Å². The van der Waals surface area contributed by atoms with Gasteiger partial charge in [-0.05, 0) is 18.9 Å². The van der Waals surface area contributed by atoms with Crippen LogP contribution < -0.4 is 0 Å². The maximum Gasteiger partial charge on any atom is 0.557 e. The van der Waals surface area contributed by atoms with Gasteiger partial charge in [-0.15, -0.1) is 0 Å². The second-order valence-corrected chi connectivity index (χ2v) is 9.69. The van der Waals surface area contributed by atoms with Crippen molar-refractivity contribution in [3.05, 3.63) is 12.0 Å². The van der Waals surface area contributed by atoms with Crippen molar-refractivity contribution in [1.29, 1.82) is 0 Å². The van der Waals surface area contributed by atoms with Gasteiger partial charge in [0.05, 0.1) is 6.61 Å². The highest BCUT2D eigenvalue weighted by molar-refractivity contribution is 7.62. The molecule has 0 aromatic heterocycles. The van der Waals surface area contributed by atoms with Gasteiger partial charge < -0.3 is 9.16 Å². The van der Waals surface area contributed by atoms with Crippen LogP contribution in [0.1, 0.15) is 12.8 Å². The number of allylic oxidation sites excluding steroid dienone is 1. The molecule has 0 radical (unpaired) electrons. The van der Waals surface area contributed by atoms with E-state index in [9.17, 15) is 0 Å². The number of hydrogen-bond donors (Lipinski definition) is 0. The molecular weight excluding hydrogens is 226 g/mol. The van der Waals surface area contributed by atoms with Crippen LogP contribution in [0.3, 0.4) is 0 Å². The molecule has 0 aromatic carbocycles. The minimum atomic E-state index is -3.02. The van der Waals surface area contributed by atoms with Crippen LogP contribution in [0.4, 0.5) is 0 Å². The Morgan fingerprint density at radius 1 is 1.45 bits per heavy atom. The van der Waals surface area contributed by atoms with Crippen LogP contribution >= 0.6 is 33.2 Å². The van der Waals surface area contributed by atoms with Gasteiger partial charge in [-0.1, -0.05) is 33.2 Å². The van der Waals surface area contributed by atoms with Gasteiger partial charge in [0.15, 0.2) is 0 Å². The van der Waals surface area contributed by atoms with Crippen molar-refractivity contribution >= 4 is 39.5 Å². The molecule has 0 saturated heterocycles. The number of hydrogen-bond acceptors (Lipinski definition) is 2. The van der Waals surface area contributed by atoms with Crippen LogP contribution in [0.2, 0.25) is 0 Å². The smallest absolute Gasteiger partial charge is 0.481 e. The third-order valence-electron chi connectivity index (χ3n) is 1.12. The summed E-state index contributed by atoms with van der Waals surface area (Å²) in [5.41, 5.74) is 0. The first-order valence-corrected chi connectivity index (χ1v) is 8.11. The molecule has 1 aliphatic rings. The van der Waals surface area contributed by atoms with E-state index in [2.05, 4.69) is 0 Å². The zero-order valence-electron chi connectivity index (χ0n) is 5.65. The first-order valence-electron chi connectivity index (χ1n) is 3.16. The third kappa shape index (κ3) is 4.11. The average Bonchev–Trinajstić information content (AvgIpc) is 1.85. The lowest BCUT2D eigenvalue weighted by Gasteiger charge is -2.18. The Bertz CT molecular complexity index is 166. The van der Waals surface area contributed by atoms with Crippen LogP contribution in [0.25, 0.3) is 0 Å². The minimum Gasteiger partial charge on any atom is -0.481 e. The van der Waals surface area contributed by atoms with Crippen LogP contribution in [0, 0.1) is 0 Å². The maximum absolute atomic E-state index is 5.49. The highest BCUT2D eigenvalue weighted by Gasteiger charge is 2.32. The average molecular weight is 234 g/mol. The molecule has 6 heteroatoms. The minimum absolute atomic E-state index is 0.364. The monoisotopic (exact) mass is 232 g/mol. The molecule has 0 spiro atoms. The molecule has 0 fully saturated rings. The second kappa shape index (κ2) is 3.89. The van der Waals surface area contributed by atoms with Gasteiger partial charge in [0, 0.05) is 0 Å². The molecule has 11 heavy (non-hydrogen) atoms. The van der Waals surface area contributed by atoms with E-state index in [1.54, 1.807) is 6.08 Å². The summed E-state index contributed by atoms with van der Waals surface area (Å²) >= 11 is 16.5. The fourth-order valence-electron chi connectivity index (χ4n) is 0.720. The lowest BCUT2D eigenvalue weighted by atomic mass is 10.3. The zero-order chi connectivity index (χ0) is 8.32. The summed E-state index contributed by atoms with van der Waals surface area (Å²) in [6, 6.07) is 0. The van der Waals surface area contributed by atoms with Gasteiger partial charge in [0.1, 0.15) is 0 Å². The molecule has 2 nitrogen and oxygen atoms in total. The van der Waals surface area contributed by atoms with Gasteiger partial charge >= 0.3 is 6.25 Å². The van der Waals surface area contributed by atoms with Gasteiger partial charge in [-0.3, -0.25) is 0 Å². The summed E-state index contributed by atoms with van der Waals surface area (Å²) in [5, 5.41) is 0. The highest BCUT2D eigenvalue weighted by atomic mass is 35.8. The summed E-state index contributed by atoms with van der Waals surface area (Å²) < 4.78 is 10.0. The maximum atomic E-state index is 5.49. The van der Waals surface area contributed by atoms with E-state index in [1.807, 2.05) is 0 Å². The normalized spacial score (nSPS) is 18.6. The predicted molar refractivity (Wildman–Crippen MR) is 47.7 cm³/mol. The molecule has 0 atom stereocenters. The quantitative estimate of drug-likeness (QED) is 0.539. The SMILES string of the molecule is Cl[Si](Cl)(Cl)OC1=CCCCO1. The van der Waals surface area contributed by atoms with Crippen LogP contribution in [0.5, 0.6) is 0 Å². The second-order valence-electron chi connectivity index (χ2n) is 2.06. The van der Waals surface area contributed by atoms with E-state index in [4.69, 9.17) is 42.4 Å². The molecule has 0 amide bonds. The van der Waals surface area contributed by atoms with Crippen molar-refractivity contribution in [3.63, 3.8) is 0 Å². The Labute approximate surface area is 80.3 Å². The molecular formula is C5H7Cl3O2Si. The lowest BCUT2D eigenvalue weighted by Crippen LogP contribution is -2.18. The van der Waals surface area contributed by atoms with Crippen LogP contribution in [0.15, 0.2) is 12.0 Å². The van der Waals surface area contributed by atoms with Crippen molar-refractivity contribution in [2.75, 3.05) is 6.61 Å².